The molecule has 1 fully saturated rings. The second-order valence-electron chi connectivity index (χ2n) is 6.17. The fourth-order valence-electron chi connectivity index (χ4n) is 2.98. The number of thiazole rings is 1. The third kappa shape index (κ3) is 3.87. The topological polar surface area (TPSA) is 79.4 Å². The van der Waals surface area contributed by atoms with Crippen LogP contribution in [-0.4, -0.2) is 42.7 Å². The molecule has 0 radical (unpaired) electrons. The molecule has 1 N–H and O–H groups in total. The highest BCUT2D eigenvalue weighted by atomic mass is 32.2. The van der Waals surface area contributed by atoms with E-state index in [0.717, 1.165) is 12.0 Å². The lowest BCUT2D eigenvalue weighted by Gasteiger charge is -2.31. The number of sulfonamides is 1. The Hall–Kier alpha value is -2.03. The number of carbonyl (C=O) groups excluding carboxylic acids is 1. The van der Waals surface area contributed by atoms with E-state index in [1.54, 1.807) is 6.92 Å². The predicted octanol–water partition coefficient (Wildman–Crippen LogP) is 2.57. The van der Waals surface area contributed by atoms with Crippen LogP contribution in [0.1, 0.15) is 18.5 Å². The zero-order chi connectivity index (χ0) is 18.7. The van der Waals surface area contributed by atoms with Gasteiger partial charge in [0.15, 0.2) is 4.21 Å². The maximum absolute atomic E-state index is 13.1. The lowest BCUT2D eigenvalue weighted by molar-refractivity contribution is -0.117. The zero-order valence-electron chi connectivity index (χ0n) is 14.5. The Morgan fingerprint density at radius 1 is 1.38 bits per heavy atom. The van der Waals surface area contributed by atoms with Crippen molar-refractivity contribution in [1.29, 1.82) is 0 Å². The first-order valence-electron chi connectivity index (χ1n) is 8.37. The Morgan fingerprint density at radius 3 is 2.81 bits per heavy atom. The molecule has 1 amide bonds. The van der Waals surface area contributed by atoms with E-state index < -0.39 is 10.0 Å². The number of aromatic nitrogens is 1. The van der Waals surface area contributed by atoms with Crippen molar-refractivity contribution in [2.24, 2.45) is 0 Å². The molecule has 0 spiro atoms. The molecule has 26 heavy (non-hydrogen) atoms. The number of piperidine rings is 1. The van der Waals surface area contributed by atoms with E-state index in [0.29, 0.717) is 23.7 Å². The van der Waals surface area contributed by atoms with Gasteiger partial charge in [-0.3, -0.25) is 4.79 Å². The number of amides is 1. The summed E-state index contributed by atoms with van der Waals surface area (Å²) in [4.78, 5) is 16.0. The van der Waals surface area contributed by atoms with E-state index in [1.165, 1.54) is 21.7 Å². The molecule has 1 aliphatic heterocycles. The quantitative estimate of drug-likeness (QED) is 0.795. The first kappa shape index (κ1) is 18.8. The number of aryl methyl sites for hydroxylation is 1. The summed E-state index contributed by atoms with van der Waals surface area (Å²) < 4.78 is 27.9. The van der Waals surface area contributed by atoms with Gasteiger partial charge in [0.2, 0.25) is 5.91 Å². The van der Waals surface area contributed by atoms with Crippen LogP contribution in [0.15, 0.2) is 47.2 Å². The molecule has 138 valence electrons. The minimum absolute atomic E-state index is 0.203. The van der Waals surface area contributed by atoms with Crippen molar-refractivity contribution in [3.05, 3.63) is 48.7 Å². The summed E-state index contributed by atoms with van der Waals surface area (Å²) in [5.74, 6) is -0.283. The number of nitrogens with zero attached hydrogens (tertiary/aromatic N) is 2. The normalized spacial score (nSPS) is 18.4. The van der Waals surface area contributed by atoms with Crippen LogP contribution in [0.5, 0.6) is 0 Å². The van der Waals surface area contributed by atoms with Gasteiger partial charge in [-0.15, -0.1) is 11.3 Å². The fraction of sp³-hybridized carbons (Fsp3) is 0.333. The maximum atomic E-state index is 13.1. The van der Waals surface area contributed by atoms with Crippen molar-refractivity contribution in [2.45, 2.75) is 30.0 Å². The largest absolute Gasteiger partial charge is 0.349 e. The molecule has 0 unspecified atom stereocenters. The predicted molar refractivity (Wildman–Crippen MR) is 102 cm³/mol. The molecule has 0 saturated carbocycles. The molecule has 6 nitrogen and oxygen atoms in total. The molecule has 1 saturated heterocycles. The van der Waals surface area contributed by atoms with Gasteiger partial charge in [0.1, 0.15) is 5.01 Å². The van der Waals surface area contributed by atoms with Gasteiger partial charge >= 0.3 is 0 Å². The number of benzene rings is 1. The minimum atomic E-state index is -3.64. The summed E-state index contributed by atoms with van der Waals surface area (Å²) in [5, 5.41) is 3.48. The van der Waals surface area contributed by atoms with Crippen molar-refractivity contribution in [3.63, 3.8) is 0 Å². The highest BCUT2D eigenvalue weighted by molar-refractivity contribution is 7.91. The molecule has 2 aromatic rings. The zero-order valence-corrected chi connectivity index (χ0v) is 16.1. The first-order valence-corrected chi connectivity index (χ1v) is 10.6. The smallest absolute Gasteiger partial charge is 0.254 e. The summed E-state index contributed by atoms with van der Waals surface area (Å²) in [6, 6.07) is 9.33. The maximum Gasteiger partial charge on any atom is 0.254 e. The molecule has 1 aromatic heterocycles. The van der Waals surface area contributed by atoms with E-state index in [1.807, 2.05) is 30.3 Å². The molecular weight excluding hydrogens is 370 g/mol. The standard InChI is InChI=1S/C18H21N3O3S2/c1-3-16(22)20-15-10-7-11-21(12-15)26(23,24)18-13(2)19-17(25-18)14-8-5-4-6-9-14/h3-6,8-9,15H,1,7,10-12H2,2H3,(H,20,22)/t15-/m0/s1. The van der Waals surface area contributed by atoms with Crippen LogP contribution < -0.4 is 5.32 Å². The van der Waals surface area contributed by atoms with Gasteiger partial charge in [0.25, 0.3) is 10.0 Å². The number of hydrogen-bond donors (Lipinski definition) is 1. The van der Waals surface area contributed by atoms with Crippen molar-refractivity contribution < 1.29 is 13.2 Å². The van der Waals surface area contributed by atoms with Crippen LogP contribution in [0.3, 0.4) is 0 Å². The number of hydrogen-bond acceptors (Lipinski definition) is 5. The van der Waals surface area contributed by atoms with Gasteiger partial charge in [-0.05, 0) is 25.8 Å². The van der Waals surface area contributed by atoms with Crippen molar-refractivity contribution in [2.75, 3.05) is 13.1 Å². The molecule has 0 aliphatic carbocycles. The van der Waals surface area contributed by atoms with E-state index >= 15 is 0 Å². The molecule has 8 heteroatoms. The van der Waals surface area contributed by atoms with Crippen LogP contribution in [0.25, 0.3) is 10.6 Å². The highest BCUT2D eigenvalue weighted by Gasteiger charge is 2.33. The molecule has 2 heterocycles. The monoisotopic (exact) mass is 391 g/mol. The Labute approximate surface area is 157 Å². The summed E-state index contributed by atoms with van der Waals surface area (Å²) >= 11 is 1.19. The first-order chi connectivity index (χ1) is 12.4. The van der Waals surface area contributed by atoms with E-state index in [-0.39, 0.29) is 22.7 Å². The van der Waals surface area contributed by atoms with Gasteiger partial charge in [-0.25, -0.2) is 13.4 Å². The summed E-state index contributed by atoms with van der Waals surface area (Å²) in [5.41, 5.74) is 1.41. The Balaban J connectivity index is 1.85. The van der Waals surface area contributed by atoms with Crippen LogP contribution >= 0.6 is 11.3 Å². The third-order valence-electron chi connectivity index (χ3n) is 4.26. The van der Waals surface area contributed by atoms with Gasteiger partial charge in [0.05, 0.1) is 5.69 Å². The van der Waals surface area contributed by atoms with Crippen molar-refractivity contribution in [3.8, 4) is 10.6 Å². The number of rotatable bonds is 5. The summed E-state index contributed by atoms with van der Waals surface area (Å²) in [7, 11) is -3.64. The number of carbonyl (C=O) groups is 1. The SMILES string of the molecule is C=CC(=O)N[C@H]1CCCN(S(=O)(=O)c2sc(-c3ccccc3)nc2C)C1. The van der Waals surface area contributed by atoms with E-state index in [2.05, 4.69) is 16.9 Å². The third-order valence-corrected chi connectivity index (χ3v) is 7.92. The Morgan fingerprint density at radius 2 is 2.12 bits per heavy atom. The van der Waals surface area contributed by atoms with E-state index in [4.69, 9.17) is 0 Å². The van der Waals surface area contributed by atoms with Crippen LogP contribution in [-0.2, 0) is 14.8 Å². The fourth-order valence-corrected chi connectivity index (χ4v) is 6.16. The average molecular weight is 392 g/mol. The molecule has 1 aliphatic rings. The molecule has 0 bridgehead atoms. The van der Waals surface area contributed by atoms with Gasteiger partial charge < -0.3 is 5.32 Å². The van der Waals surface area contributed by atoms with E-state index in [9.17, 15) is 13.2 Å². The van der Waals surface area contributed by atoms with Crippen LogP contribution in [0.2, 0.25) is 0 Å². The average Bonchev–Trinajstić information content (AvgIpc) is 3.05. The Kier molecular flexibility index (Phi) is 5.55. The molecule has 1 atom stereocenters. The second-order valence-corrected chi connectivity index (χ2v) is 9.31. The molecular formula is C18H21N3O3S2. The minimum Gasteiger partial charge on any atom is -0.349 e. The lowest BCUT2D eigenvalue weighted by Crippen LogP contribution is -2.49. The van der Waals surface area contributed by atoms with Gasteiger partial charge in [-0.2, -0.15) is 4.31 Å². The van der Waals surface area contributed by atoms with Gasteiger partial charge in [-0.1, -0.05) is 36.9 Å². The van der Waals surface area contributed by atoms with Gasteiger partial charge in [0, 0.05) is 24.7 Å². The second kappa shape index (κ2) is 7.69. The summed E-state index contributed by atoms with van der Waals surface area (Å²) in [6.45, 7) is 5.86. The molecule has 3 rings (SSSR count). The highest BCUT2D eigenvalue weighted by Crippen LogP contribution is 2.33. The number of nitrogens with one attached hydrogen (secondary N) is 1. The Bertz CT molecular complexity index is 907. The molecule has 1 aromatic carbocycles. The van der Waals surface area contributed by atoms with Crippen LogP contribution in [0, 0.1) is 6.92 Å². The van der Waals surface area contributed by atoms with Crippen molar-refractivity contribution in [1.82, 2.24) is 14.6 Å². The lowest BCUT2D eigenvalue weighted by atomic mass is 10.1. The van der Waals surface area contributed by atoms with Crippen LogP contribution in [0.4, 0.5) is 0 Å². The van der Waals surface area contributed by atoms with Crippen molar-refractivity contribution >= 4 is 27.3 Å². The summed E-state index contributed by atoms with van der Waals surface area (Å²) in [6.07, 6.45) is 2.65.